The van der Waals surface area contributed by atoms with Gasteiger partial charge in [-0.15, -0.1) is 10.2 Å². The van der Waals surface area contributed by atoms with Gasteiger partial charge in [0.1, 0.15) is 12.4 Å². The van der Waals surface area contributed by atoms with Crippen LogP contribution in [0.2, 0.25) is 0 Å². The van der Waals surface area contributed by atoms with Gasteiger partial charge in [-0.3, -0.25) is 4.79 Å². The first-order chi connectivity index (χ1) is 13.2. The van der Waals surface area contributed by atoms with Gasteiger partial charge >= 0.3 is 0 Å². The predicted octanol–water partition coefficient (Wildman–Crippen LogP) is 3.57. The monoisotopic (exact) mass is 475 g/mol. The lowest BCUT2D eigenvalue weighted by Gasteiger charge is -2.08. The van der Waals surface area contributed by atoms with E-state index >= 15 is 0 Å². The van der Waals surface area contributed by atoms with E-state index in [1.165, 1.54) is 0 Å². The molecule has 1 heterocycles. The van der Waals surface area contributed by atoms with Crippen molar-refractivity contribution in [3.05, 3.63) is 69.8 Å². The van der Waals surface area contributed by atoms with E-state index < -0.39 is 0 Å². The van der Waals surface area contributed by atoms with Crippen molar-refractivity contribution in [3.63, 3.8) is 0 Å². The van der Waals surface area contributed by atoms with Gasteiger partial charge in [0.2, 0.25) is 5.88 Å². The number of rotatable bonds is 7. The summed E-state index contributed by atoms with van der Waals surface area (Å²) in [5.41, 5.74) is 2.35. The highest BCUT2D eigenvalue weighted by Crippen LogP contribution is 2.21. The number of halogens is 1. The van der Waals surface area contributed by atoms with E-state index in [-0.39, 0.29) is 5.91 Å². The molecule has 0 aliphatic carbocycles. The van der Waals surface area contributed by atoms with Gasteiger partial charge in [-0.05, 0) is 65.1 Å². The number of aromatic nitrogens is 2. The van der Waals surface area contributed by atoms with E-state index in [9.17, 15) is 4.79 Å². The topological polar surface area (TPSA) is 73.3 Å². The molecule has 0 spiro atoms. The van der Waals surface area contributed by atoms with Gasteiger partial charge in [0, 0.05) is 15.2 Å². The zero-order valence-electron chi connectivity index (χ0n) is 14.7. The molecule has 6 nitrogen and oxygen atoms in total. The van der Waals surface area contributed by atoms with Gasteiger partial charge < -0.3 is 14.8 Å². The van der Waals surface area contributed by atoms with Crippen LogP contribution in [0.1, 0.15) is 10.4 Å². The first-order valence-electron chi connectivity index (χ1n) is 8.31. The zero-order valence-corrected chi connectivity index (χ0v) is 16.8. The Kier molecular flexibility index (Phi) is 6.59. The molecule has 3 aromatic rings. The Balaban J connectivity index is 1.49. The Morgan fingerprint density at radius 1 is 1.04 bits per heavy atom. The SMILES string of the molecule is COc1ccc(-c2ccc(OCCNC(=O)c3ccccc3I)nn2)cc1. The minimum Gasteiger partial charge on any atom is -0.497 e. The van der Waals surface area contributed by atoms with E-state index in [4.69, 9.17) is 9.47 Å². The fraction of sp³-hybridized carbons (Fsp3) is 0.150. The summed E-state index contributed by atoms with van der Waals surface area (Å²) in [6.45, 7) is 0.692. The molecule has 7 heteroatoms. The third-order valence-electron chi connectivity index (χ3n) is 3.78. The number of hydrogen-bond donors (Lipinski definition) is 1. The van der Waals surface area contributed by atoms with Crippen molar-refractivity contribution >= 4 is 28.5 Å². The molecule has 0 unspecified atom stereocenters. The van der Waals surface area contributed by atoms with Crippen molar-refractivity contribution in [1.29, 1.82) is 0 Å². The van der Waals surface area contributed by atoms with Crippen molar-refractivity contribution in [2.24, 2.45) is 0 Å². The molecule has 0 saturated heterocycles. The summed E-state index contributed by atoms with van der Waals surface area (Å²) < 4.78 is 11.6. The highest BCUT2D eigenvalue weighted by molar-refractivity contribution is 14.1. The number of carbonyl (C=O) groups is 1. The van der Waals surface area contributed by atoms with Gasteiger partial charge in [0.15, 0.2) is 0 Å². The molecule has 0 bridgehead atoms. The maximum absolute atomic E-state index is 12.1. The number of hydrogen-bond acceptors (Lipinski definition) is 5. The van der Waals surface area contributed by atoms with Crippen LogP contribution in [0.3, 0.4) is 0 Å². The van der Waals surface area contributed by atoms with Gasteiger partial charge in [-0.25, -0.2) is 0 Å². The van der Waals surface area contributed by atoms with Crippen LogP contribution in [-0.2, 0) is 0 Å². The Morgan fingerprint density at radius 3 is 2.48 bits per heavy atom. The average molecular weight is 475 g/mol. The summed E-state index contributed by atoms with van der Waals surface area (Å²) in [6, 6.07) is 18.6. The number of nitrogens with zero attached hydrogens (tertiary/aromatic N) is 2. The fourth-order valence-corrected chi connectivity index (χ4v) is 3.01. The molecule has 1 N–H and O–H groups in total. The Labute approximate surface area is 171 Å². The summed E-state index contributed by atoms with van der Waals surface area (Å²) in [7, 11) is 1.63. The van der Waals surface area contributed by atoms with E-state index in [1.807, 2.05) is 48.5 Å². The largest absolute Gasteiger partial charge is 0.497 e. The molecule has 1 amide bonds. The van der Waals surface area contributed by atoms with E-state index in [0.717, 1.165) is 20.6 Å². The Morgan fingerprint density at radius 2 is 1.81 bits per heavy atom. The lowest BCUT2D eigenvalue weighted by atomic mass is 10.1. The summed E-state index contributed by atoms with van der Waals surface area (Å²) in [5, 5.41) is 11.1. The van der Waals surface area contributed by atoms with Crippen LogP contribution >= 0.6 is 22.6 Å². The molecule has 1 aromatic heterocycles. The fourth-order valence-electron chi connectivity index (χ4n) is 2.37. The van der Waals surface area contributed by atoms with Crippen molar-refractivity contribution in [3.8, 4) is 22.9 Å². The average Bonchev–Trinajstić information content (AvgIpc) is 2.72. The summed E-state index contributed by atoms with van der Waals surface area (Å²) in [6.07, 6.45) is 0. The molecular weight excluding hydrogens is 457 g/mol. The number of benzene rings is 2. The van der Waals surface area contributed by atoms with Crippen molar-refractivity contribution < 1.29 is 14.3 Å². The zero-order chi connectivity index (χ0) is 19.1. The quantitative estimate of drug-likeness (QED) is 0.418. The summed E-state index contributed by atoms with van der Waals surface area (Å²) in [5.74, 6) is 1.08. The first kappa shape index (κ1) is 19.1. The summed E-state index contributed by atoms with van der Waals surface area (Å²) >= 11 is 2.14. The lowest BCUT2D eigenvalue weighted by Crippen LogP contribution is -2.28. The third kappa shape index (κ3) is 5.16. The van der Waals surface area contributed by atoms with Crippen LogP contribution in [0.15, 0.2) is 60.7 Å². The first-order valence-corrected chi connectivity index (χ1v) is 9.39. The van der Waals surface area contributed by atoms with Gasteiger partial charge in [0.25, 0.3) is 5.91 Å². The second-order valence-electron chi connectivity index (χ2n) is 5.57. The predicted molar refractivity (Wildman–Crippen MR) is 111 cm³/mol. The Bertz CT molecular complexity index is 899. The molecule has 0 aliphatic heterocycles. The molecule has 2 aromatic carbocycles. The highest BCUT2D eigenvalue weighted by Gasteiger charge is 2.08. The highest BCUT2D eigenvalue weighted by atomic mass is 127. The van der Waals surface area contributed by atoms with E-state index in [1.54, 1.807) is 19.2 Å². The smallest absolute Gasteiger partial charge is 0.252 e. The minimum absolute atomic E-state index is 0.121. The molecule has 0 aliphatic rings. The molecule has 3 rings (SSSR count). The van der Waals surface area contributed by atoms with Gasteiger partial charge in [0.05, 0.1) is 24.9 Å². The maximum atomic E-state index is 12.1. The lowest BCUT2D eigenvalue weighted by molar-refractivity contribution is 0.0945. The second-order valence-corrected chi connectivity index (χ2v) is 6.73. The normalized spacial score (nSPS) is 10.3. The molecular formula is C20H18IN3O3. The molecule has 0 fully saturated rings. The molecule has 0 atom stereocenters. The molecule has 138 valence electrons. The molecule has 0 radical (unpaired) electrons. The van der Waals surface area contributed by atoms with Crippen LogP contribution in [0.4, 0.5) is 0 Å². The van der Waals surface area contributed by atoms with E-state index in [2.05, 4.69) is 38.1 Å². The Hall–Kier alpha value is -2.68. The van der Waals surface area contributed by atoms with Crippen molar-refractivity contribution in [2.45, 2.75) is 0 Å². The van der Waals surface area contributed by atoms with E-state index in [0.29, 0.717) is 24.6 Å². The number of amides is 1. The van der Waals surface area contributed by atoms with Gasteiger partial charge in [-0.1, -0.05) is 12.1 Å². The van der Waals surface area contributed by atoms with Crippen LogP contribution < -0.4 is 14.8 Å². The number of methoxy groups -OCH3 is 1. The number of nitrogens with one attached hydrogen (secondary N) is 1. The van der Waals surface area contributed by atoms with Crippen LogP contribution in [0, 0.1) is 3.57 Å². The summed E-state index contributed by atoms with van der Waals surface area (Å²) in [4.78, 5) is 12.1. The maximum Gasteiger partial charge on any atom is 0.252 e. The number of ether oxygens (including phenoxy) is 2. The van der Waals surface area contributed by atoms with Crippen molar-refractivity contribution in [2.75, 3.05) is 20.3 Å². The molecule has 27 heavy (non-hydrogen) atoms. The number of carbonyl (C=O) groups excluding carboxylic acids is 1. The second kappa shape index (κ2) is 9.31. The van der Waals surface area contributed by atoms with Crippen LogP contribution in [0.5, 0.6) is 11.6 Å². The van der Waals surface area contributed by atoms with Crippen molar-refractivity contribution in [1.82, 2.24) is 15.5 Å². The standard InChI is InChI=1S/C20H18IN3O3/c1-26-15-8-6-14(7-9-15)18-10-11-19(24-23-18)27-13-12-22-20(25)16-4-2-3-5-17(16)21/h2-11H,12-13H2,1H3,(H,22,25). The molecule has 0 saturated carbocycles. The van der Waals surface area contributed by atoms with Crippen LogP contribution in [0.25, 0.3) is 11.3 Å². The van der Waals surface area contributed by atoms with Gasteiger partial charge in [-0.2, -0.15) is 0 Å². The third-order valence-corrected chi connectivity index (χ3v) is 4.72. The van der Waals surface area contributed by atoms with Crippen LogP contribution in [-0.4, -0.2) is 36.4 Å². The minimum atomic E-state index is -0.121.